The van der Waals surface area contributed by atoms with Crippen molar-refractivity contribution in [1.82, 2.24) is 9.80 Å². The fourth-order valence-electron chi connectivity index (χ4n) is 3.31. The zero-order valence-electron chi connectivity index (χ0n) is 14.7. The predicted octanol–water partition coefficient (Wildman–Crippen LogP) is 3.67. The van der Waals surface area contributed by atoms with E-state index in [4.69, 9.17) is 0 Å². The summed E-state index contributed by atoms with van der Waals surface area (Å²) in [6.07, 6.45) is 3.23. The van der Waals surface area contributed by atoms with Crippen LogP contribution < -0.4 is 0 Å². The Morgan fingerprint density at radius 3 is 2.71 bits per heavy atom. The summed E-state index contributed by atoms with van der Waals surface area (Å²) in [7, 11) is 0. The lowest BCUT2D eigenvalue weighted by molar-refractivity contribution is -0.139. The second kappa shape index (κ2) is 7.48. The van der Waals surface area contributed by atoms with E-state index in [1.54, 1.807) is 23.1 Å². The molecule has 0 unspecified atom stereocenters. The largest absolute Gasteiger partial charge is 0.341 e. The van der Waals surface area contributed by atoms with Crippen molar-refractivity contribution < 1.29 is 9.59 Å². The highest BCUT2D eigenvalue weighted by Crippen LogP contribution is 2.45. The molecular formula is C18H26N2O2S2. The van der Waals surface area contributed by atoms with Crippen LogP contribution in [0, 0.1) is 12.8 Å². The van der Waals surface area contributed by atoms with Crippen LogP contribution >= 0.6 is 23.1 Å². The van der Waals surface area contributed by atoms with Crippen molar-refractivity contribution in [3.63, 3.8) is 0 Å². The molecule has 6 heteroatoms. The quantitative estimate of drug-likeness (QED) is 0.771. The first-order valence-corrected chi connectivity index (χ1v) is 10.6. The van der Waals surface area contributed by atoms with E-state index in [-0.39, 0.29) is 28.4 Å². The molecule has 1 saturated carbocycles. The van der Waals surface area contributed by atoms with Gasteiger partial charge in [-0.25, -0.2) is 0 Å². The van der Waals surface area contributed by atoms with Gasteiger partial charge in [0.05, 0.1) is 5.25 Å². The smallest absolute Gasteiger partial charge is 0.236 e. The molecule has 4 nitrogen and oxygen atoms in total. The maximum atomic E-state index is 12.6. The van der Waals surface area contributed by atoms with Crippen LogP contribution in [0.3, 0.4) is 0 Å². The Bertz CT molecular complexity index is 612. The number of nitrogens with zero attached hydrogens (tertiary/aromatic N) is 2. The summed E-state index contributed by atoms with van der Waals surface area (Å²) in [6.45, 7) is 8.12. The molecule has 132 valence electrons. The fraction of sp³-hybridized carbons (Fsp3) is 0.667. The van der Waals surface area contributed by atoms with Crippen LogP contribution in [0.2, 0.25) is 0 Å². The molecule has 0 aromatic carbocycles. The van der Waals surface area contributed by atoms with Crippen molar-refractivity contribution in [2.45, 2.75) is 50.7 Å². The van der Waals surface area contributed by atoms with Gasteiger partial charge in [0.1, 0.15) is 5.37 Å². The molecule has 0 spiro atoms. The molecule has 2 amide bonds. The van der Waals surface area contributed by atoms with Gasteiger partial charge in [-0.1, -0.05) is 6.42 Å². The molecule has 2 aliphatic rings. The summed E-state index contributed by atoms with van der Waals surface area (Å²) in [4.78, 5) is 30.3. The summed E-state index contributed by atoms with van der Waals surface area (Å²) in [6, 6.07) is 2.12. The maximum Gasteiger partial charge on any atom is 0.236 e. The molecule has 24 heavy (non-hydrogen) atoms. The SMILES string of the molecule is CCN(CCN1C(=O)[C@@H](C)S[C@@H]1c1sccc1C)C(=O)C1CCC1. The average Bonchev–Trinajstić information content (AvgIpc) is 3.03. The summed E-state index contributed by atoms with van der Waals surface area (Å²) < 4.78 is 0. The van der Waals surface area contributed by atoms with Gasteiger partial charge in [-0.2, -0.15) is 0 Å². The molecule has 1 aromatic heterocycles. The molecular weight excluding hydrogens is 340 g/mol. The van der Waals surface area contributed by atoms with Gasteiger partial charge in [0.2, 0.25) is 11.8 Å². The van der Waals surface area contributed by atoms with E-state index in [0.717, 1.165) is 19.4 Å². The lowest BCUT2D eigenvalue weighted by Gasteiger charge is -2.33. The Labute approximate surface area is 152 Å². The number of aryl methyl sites for hydroxylation is 1. The topological polar surface area (TPSA) is 40.6 Å². The molecule has 0 N–H and O–H groups in total. The van der Waals surface area contributed by atoms with Crippen LogP contribution in [-0.4, -0.2) is 46.5 Å². The summed E-state index contributed by atoms with van der Waals surface area (Å²) in [5.41, 5.74) is 1.25. The Hall–Kier alpha value is -1.01. The van der Waals surface area contributed by atoms with Gasteiger partial charge < -0.3 is 9.80 Å². The number of carbonyl (C=O) groups is 2. The van der Waals surface area contributed by atoms with Crippen LogP contribution in [0.1, 0.15) is 48.9 Å². The van der Waals surface area contributed by atoms with Crippen molar-refractivity contribution in [3.8, 4) is 0 Å². The summed E-state index contributed by atoms with van der Waals surface area (Å²) >= 11 is 3.45. The first-order valence-electron chi connectivity index (χ1n) is 8.81. The Morgan fingerprint density at radius 1 is 1.42 bits per heavy atom. The van der Waals surface area contributed by atoms with Crippen molar-refractivity contribution in [2.24, 2.45) is 5.92 Å². The van der Waals surface area contributed by atoms with Crippen molar-refractivity contribution in [1.29, 1.82) is 0 Å². The van der Waals surface area contributed by atoms with E-state index in [1.165, 1.54) is 16.9 Å². The van der Waals surface area contributed by atoms with E-state index in [2.05, 4.69) is 18.4 Å². The zero-order chi connectivity index (χ0) is 17.3. The fourth-order valence-corrected chi connectivity index (χ4v) is 5.86. The highest BCUT2D eigenvalue weighted by atomic mass is 32.2. The summed E-state index contributed by atoms with van der Waals surface area (Å²) in [5, 5.41) is 2.19. The normalized spacial score (nSPS) is 24.3. The second-order valence-corrected chi connectivity index (χ2v) is 9.05. The van der Waals surface area contributed by atoms with Crippen LogP contribution in [0.25, 0.3) is 0 Å². The standard InChI is InChI=1S/C18H26N2O2S2/c1-4-19(17(22)14-6-5-7-14)9-10-20-16(21)13(3)24-18(20)15-12(2)8-11-23-15/h8,11,13-14,18H,4-7,9-10H2,1-3H3/t13-,18-/m1/s1. The third-order valence-corrected chi connectivity index (χ3v) is 7.71. The van der Waals surface area contributed by atoms with Crippen molar-refractivity contribution in [3.05, 3.63) is 21.9 Å². The van der Waals surface area contributed by atoms with E-state index in [9.17, 15) is 9.59 Å². The highest BCUT2D eigenvalue weighted by molar-refractivity contribution is 8.01. The number of carbonyl (C=O) groups excluding carboxylic acids is 2. The van der Waals surface area contributed by atoms with Gasteiger partial charge >= 0.3 is 0 Å². The van der Waals surface area contributed by atoms with Gasteiger partial charge in [-0.3, -0.25) is 9.59 Å². The van der Waals surface area contributed by atoms with Gasteiger partial charge in [0.25, 0.3) is 0 Å². The third kappa shape index (κ3) is 3.36. The molecule has 1 aliphatic carbocycles. The molecule has 2 fully saturated rings. The van der Waals surface area contributed by atoms with Crippen molar-refractivity contribution in [2.75, 3.05) is 19.6 Å². The molecule has 1 aromatic rings. The molecule has 2 heterocycles. The Balaban J connectivity index is 1.68. The number of amides is 2. The molecule has 1 saturated heterocycles. The Kier molecular flexibility index (Phi) is 5.55. The number of hydrogen-bond acceptors (Lipinski definition) is 4. The van der Waals surface area contributed by atoms with Crippen LogP contribution in [-0.2, 0) is 9.59 Å². The van der Waals surface area contributed by atoms with Gasteiger partial charge in [0.15, 0.2) is 0 Å². The van der Waals surface area contributed by atoms with Gasteiger partial charge in [-0.15, -0.1) is 23.1 Å². The van der Waals surface area contributed by atoms with E-state index in [0.29, 0.717) is 13.1 Å². The molecule has 0 bridgehead atoms. The van der Waals surface area contributed by atoms with Crippen LogP contribution in [0.4, 0.5) is 0 Å². The van der Waals surface area contributed by atoms with Crippen LogP contribution in [0.15, 0.2) is 11.4 Å². The minimum Gasteiger partial charge on any atom is -0.341 e. The predicted molar refractivity (Wildman–Crippen MR) is 100 cm³/mol. The molecule has 2 atom stereocenters. The van der Waals surface area contributed by atoms with E-state index < -0.39 is 0 Å². The third-order valence-electron chi connectivity index (χ3n) is 5.13. The monoisotopic (exact) mass is 366 g/mol. The lowest BCUT2D eigenvalue weighted by Crippen LogP contribution is -2.44. The zero-order valence-corrected chi connectivity index (χ0v) is 16.3. The second-order valence-electron chi connectivity index (χ2n) is 6.68. The molecule has 3 rings (SSSR count). The highest BCUT2D eigenvalue weighted by Gasteiger charge is 2.40. The van der Waals surface area contributed by atoms with Crippen LogP contribution in [0.5, 0.6) is 0 Å². The molecule has 1 aliphatic heterocycles. The number of thioether (sulfide) groups is 1. The number of rotatable bonds is 6. The average molecular weight is 367 g/mol. The first-order chi connectivity index (χ1) is 11.5. The molecule has 0 radical (unpaired) electrons. The Morgan fingerprint density at radius 2 is 2.17 bits per heavy atom. The van der Waals surface area contributed by atoms with E-state index >= 15 is 0 Å². The lowest BCUT2D eigenvalue weighted by atomic mass is 9.84. The maximum absolute atomic E-state index is 12.6. The van der Waals surface area contributed by atoms with Crippen molar-refractivity contribution >= 4 is 34.9 Å². The first kappa shape index (κ1) is 17.8. The van der Waals surface area contributed by atoms with Gasteiger partial charge in [-0.05, 0) is 50.6 Å². The number of hydrogen-bond donors (Lipinski definition) is 0. The summed E-state index contributed by atoms with van der Waals surface area (Å²) in [5.74, 6) is 0.702. The van der Waals surface area contributed by atoms with E-state index in [1.807, 2.05) is 23.6 Å². The minimum atomic E-state index is -0.00564. The minimum absolute atomic E-state index is 0.00564. The van der Waals surface area contributed by atoms with Gasteiger partial charge in [0, 0.05) is 30.4 Å². The number of likely N-dealkylation sites (N-methyl/N-ethyl adjacent to an activating group) is 1. The number of thiophene rings is 1.